The average molecular weight is 270 g/mol. The number of ether oxygens (including phenoxy) is 1. The van der Waals surface area contributed by atoms with E-state index in [0.717, 1.165) is 16.8 Å². The molecule has 1 heterocycles. The van der Waals surface area contributed by atoms with Gasteiger partial charge in [0.15, 0.2) is 0 Å². The molecule has 0 saturated heterocycles. The van der Waals surface area contributed by atoms with Crippen molar-refractivity contribution in [2.24, 2.45) is 0 Å². The van der Waals surface area contributed by atoms with Crippen LogP contribution in [-0.4, -0.2) is 17.2 Å². The summed E-state index contributed by atoms with van der Waals surface area (Å²) in [5, 5.41) is 0. The van der Waals surface area contributed by atoms with Gasteiger partial charge in [-0.3, -0.25) is 4.90 Å². The Morgan fingerprint density at radius 3 is 2.73 bits per heavy atom. The highest BCUT2D eigenvalue weighted by atomic mass is 79.9. The van der Waals surface area contributed by atoms with Gasteiger partial charge in [0.05, 0.1) is 4.47 Å². The molecule has 15 heavy (non-hydrogen) atoms. The fourth-order valence-corrected chi connectivity index (χ4v) is 2.19. The van der Waals surface area contributed by atoms with Gasteiger partial charge in [0.2, 0.25) is 0 Å². The molecule has 0 bridgehead atoms. The summed E-state index contributed by atoms with van der Waals surface area (Å²) in [6.45, 7) is 8.25. The van der Waals surface area contributed by atoms with Crippen molar-refractivity contribution in [2.75, 3.05) is 6.73 Å². The maximum Gasteiger partial charge on any atom is 0.142 e. The summed E-state index contributed by atoms with van der Waals surface area (Å²) in [5.41, 5.74) is 1.41. The van der Waals surface area contributed by atoms with Crippen molar-refractivity contribution in [2.45, 2.75) is 32.9 Å². The van der Waals surface area contributed by atoms with Crippen LogP contribution in [0.4, 0.5) is 0 Å². The SMILES string of the molecule is CC(C)(C)N1COc2c(Br)cccc2C1. The van der Waals surface area contributed by atoms with E-state index >= 15 is 0 Å². The first-order valence-electron chi connectivity index (χ1n) is 5.14. The first kappa shape index (κ1) is 11.0. The van der Waals surface area contributed by atoms with E-state index in [2.05, 4.69) is 53.7 Å². The van der Waals surface area contributed by atoms with Crippen LogP contribution in [0, 0.1) is 0 Å². The van der Waals surface area contributed by atoms with Gasteiger partial charge in [-0.1, -0.05) is 12.1 Å². The second-order valence-electron chi connectivity index (χ2n) is 4.87. The molecular weight excluding hydrogens is 254 g/mol. The third-order valence-corrected chi connectivity index (χ3v) is 3.35. The van der Waals surface area contributed by atoms with Crippen LogP contribution in [0.2, 0.25) is 0 Å². The van der Waals surface area contributed by atoms with E-state index in [9.17, 15) is 0 Å². The van der Waals surface area contributed by atoms with Crippen LogP contribution < -0.4 is 4.74 Å². The van der Waals surface area contributed by atoms with E-state index in [4.69, 9.17) is 4.74 Å². The van der Waals surface area contributed by atoms with Gasteiger partial charge in [0.25, 0.3) is 0 Å². The van der Waals surface area contributed by atoms with Crippen molar-refractivity contribution in [3.63, 3.8) is 0 Å². The zero-order chi connectivity index (χ0) is 11.1. The van der Waals surface area contributed by atoms with E-state index in [1.165, 1.54) is 5.56 Å². The van der Waals surface area contributed by atoms with Crippen LogP contribution >= 0.6 is 15.9 Å². The van der Waals surface area contributed by atoms with Crippen molar-refractivity contribution in [3.8, 4) is 5.75 Å². The number of rotatable bonds is 0. The van der Waals surface area contributed by atoms with E-state index in [0.29, 0.717) is 6.73 Å². The Morgan fingerprint density at radius 2 is 2.07 bits per heavy atom. The number of halogens is 1. The van der Waals surface area contributed by atoms with Gasteiger partial charge >= 0.3 is 0 Å². The van der Waals surface area contributed by atoms with Gasteiger partial charge < -0.3 is 4.74 Å². The summed E-state index contributed by atoms with van der Waals surface area (Å²) < 4.78 is 6.82. The lowest BCUT2D eigenvalue weighted by Gasteiger charge is -2.38. The fourth-order valence-electron chi connectivity index (χ4n) is 1.66. The summed E-state index contributed by atoms with van der Waals surface area (Å²) >= 11 is 3.51. The molecule has 0 aromatic heterocycles. The molecule has 0 radical (unpaired) electrons. The van der Waals surface area contributed by atoms with Crippen LogP contribution in [0.1, 0.15) is 26.3 Å². The van der Waals surface area contributed by atoms with Crippen LogP contribution in [0.3, 0.4) is 0 Å². The van der Waals surface area contributed by atoms with Crippen LogP contribution in [0.25, 0.3) is 0 Å². The predicted octanol–water partition coefficient (Wildman–Crippen LogP) is 3.40. The van der Waals surface area contributed by atoms with Crippen molar-refractivity contribution in [3.05, 3.63) is 28.2 Å². The van der Waals surface area contributed by atoms with Gasteiger partial charge in [-0.25, -0.2) is 0 Å². The minimum absolute atomic E-state index is 0.153. The molecule has 82 valence electrons. The Hall–Kier alpha value is -0.540. The van der Waals surface area contributed by atoms with Crippen LogP contribution in [0.5, 0.6) is 5.75 Å². The Labute approximate surface area is 99.4 Å². The highest BCUT2D eigenvalue weighted by molar-refractivity contribution is 9.10. The second kappa shape index (κ2) is 3.80. The monoisotopic (exact) mass is 269 g/mol. The van der Waals surface area contributed by atoms with E-state index in [1.54, 1.807) is 0 Å². The molecule has 2 rings (SSSR count). The third kappa shape index (κ3) is 2.18. The van der Waals surface area contributed by atoms with E-state index in [1.807, 2.05) is 6.07 Å². The molecule has 2 nitrogen and oxygen atoms in total. The quantitative estimate of drug-likeness (QED) is 0.716. The van der Waals surface area contributed by atoms with Crippen molar-refractivity contribution in [1.82, 2.24) is 4.90 Å². The number of nitrogens with zero attached hydrogens (tertiary/aromatic N) is 1. The third-order valence-electron chi connectivity index (χ3n) is 2.72. The van der Waals surface area contributed by atoms with Crippen LogP contribution in [-0.2, 0) is 6.54 Å². The lowest BCUT2D eigenvalue weighted by molar-refractivity contribution is 0.0213. The highest BCUT2D eigenvalue weighted by Crippen LogP contribution is 2.34. The number of para-hydroxylation sites is 1. The standard InChI is InChI=1S/C12H16BrNO/c1-12(2,3)14-7-9-5-4-6-10(13)11(9)15-8-14/h4-6H,7-8H2,1-3H3. The topological polar surface area (TPSA) is 12.5 Å². The Morgan fingerprint density at radius 1 is 1.33 bits per heavy atom. The Kier molecular flexibility index (Phi) is 2.77. The van der Waals surface area contributed by atoms with Gasteiger partial charge in [-0.15, -0.1) is 0 Å². The van der Waals surface area contributed by atoms with Crippen molar-refractivity contribution < 1.29 is 4.74 Å². The van der Waals surface area contributed by atoms with Crippen molar-refractivity contribution in [1.29, 1.82) is 0 Å². The number of hydrogen-bond acceptors (Lipinski definition) is 2. The lowest BCUT2D eigenvalue weighted by Crippen LogP contribution is -2.45. The molecule has 0 unspecified atom stereocenters. The fraction of sp³-hybridized carbons (Fsp3) is 0.500. The Balaban J connectivity index is 2.28. The summed E-state index contributed by atoms with van der Waals surface area (Å²) in [6, 6.07) is 6.20. The van der Waals surface area contributed by atoms with Gasteiger partial charge in [-0.05, 0) is 42.8 Å². The first-order valence-corrected chi connectivity index (χ1v) is 5.93. The molecule has 1 aliphatic rings. The molecule has 0 saturated carbocycles. The average Bonchev–Trinajstić information content (AvgIpc) is 2.16. The number of benzene rings is 1. The molecule has 1 aromatic carbocycles. The zero-order valence-corrected chi connectivity index (χ0v) is 11.0. The van der Waals surface area contributed by atoms with Gasteiger partial charge in [0, 0.05) is 17.6 Å². The molecule has 1 aromatic rings. The van der Waals surface area contributed by atoms with Crippen LogP contribution in [0.15, 0.2) is 22.7 Å². The largest absolute Gasteiger partial charge is 0.477 e. The number of fused-ring (bicyclic) bond motifs is 1. The molecule has 0 amide bonds. The molecule has 0 spiro atoms. The van der Waals surface area contributed by atoms with Gasteiger partial charge in [0.1, 0.15) is 12.5 Å². The lowest BCUT2D eigenvalue weighted by atomic mass is 10.0. The van der Waals surface area contributed by atoms with Gasteiger partial charge in [-0.2, -0.15) is 0 Å². The smallest absolute Gasteiger partial charge is 0.142 e. The summed E-state index contributed by atoms with van der Waals surface area (Å²) in [7, 11) is 0. The maximum absolute atomic E-state index is 5.77. The van der Waals surface area contributed by atoms with Crippen molar-refractivity contribution >= 4 is 15.9 Å². The molecule has 0 N–H and O–H groups in total. The first-order chi connectivity index (χ1) is 6.98. The zero-order valence-electron chi connectivity index (χ0n) is 9.38. The maximum atomic E-state index is 5.77. The Bertz CT molecular complexity index is 370. The molecule has 1 aliphatic heterocycles. The summed E-state index contributed by atoms with van der Waals surface area (Å²) in [5.74, 6) is 0.998. The molecule has 0 fully saturated rings. The predicted molar refractivity (Wildman–Crippen MR) is 64.9 cm³/mol. The minimum atomic E-state index is 0.153. The van der Waals surface area contributed by atoms with E-state index < -0.39 is 0 Å². The minimum Gasteiger partial charge on any atom is -0.477 e. The summed E-state index contributed by atoms with van der Waals surface area (Å²) in [6.07, 6.45) is 0. The molecule has 3 heteroatoms. The molecule has 0 atom stereocenters. The summed E-state index contributed by atoms with van der Waals surface area (Å²) in [4.78, 5) is 2.32. The molecule has 0 aliphatic carbocycles. The number of hydrogen-bond donors (Lipinski definition) is 0. The second-order valence-corrected chi connectivity index (χ2v) is 5.72. The van der Waals surface area contributed by atoms with E-state index in [-0.39, 0.29) is 5.54 Å². The highest BCUT2D eigenvalue weighted by Gasteiger charge is 2.27. The molecular formula is C12H16BrNO. The normalized spacial score (nSPS) is 17.1.